The summed E-state index contributed by atoms with van der Waals surface area (Å²) < 4.78 is 0. The van der Waals surface area contributed by atoms with Crippen molar-refractivity contribution < 1.29 is 0 Å². The fourth-order valence-corrected chi connectivity index (χ4v) is 6.56. The normalized spacial score (nSPS) is 12.5. The number of benzene rings is 3. The van der Waals surface area contributed by atoms with Gasteiger partial charge in [0.05, 0.1) is 0 Å². The van der Waals surface area contributed by atoms with Crippen LogP contribution in [0, 0.1) is 0 Å². The molecule has 127 valence electrons. The number of hydrogen-bond donors (Lipinski definition) is 0. The second-order valence-corrected chi connectivity index (χ2v) is 9.70. The van der Waals surface area contributed by atoms with E-state index in [2.05, 4.69) is 110 Å². The Morgan fingerprint density at radius 2 is 1.16 bits per heavy atom. The molecule has 0 bridgehead atoms. The summed E-state index contributed by atoms with van der Waals surface area (Å²) in [7, 11) is 1.43. The van der Waals surface area contributed by atoms with Crippen LogP contribution >= 0.6 is 0 Å². The average Bonchev–Trinajstić information content (AvgIpc) is 2.64. The summed E-state index contributed by atoms with van der Waals surface area (Å²) >= 11 is 0. The molecule has 3 rings (SSSR count). The molecule has 3 aromatic carbocycles. The van der Waals surface area contributed by atoms with Gasteiger partial charge in [0, 0.05) is 6.54 Å². The van der Waals surface area contributed by atoms with Gasteiger partial charge in [0.25, 0.3) is 0 Å². The maximum absolute atomic E-state index is 2.45. The summed E-state index contributed by atoms with van der Waals surface area (Å²) in [6.07, 6.45) is 0. The summed E-state index contributed by atoms with van der Waals surface area (Å²) in [5, 5.41) is 3.00. The van der Waals surface area contributed by atoms with E-state index >= 15 is 0 Å². The molecule has 0 aliphatic rings. The van der Waals surface area contributed by atoms with Crippen LogP contribution in [0.15, 0.2) is 91.0 Å². The van der Waals surface area contributed by atoms with Crippen LogP contribution in [-0.4, -0.2) is 27.3 Å². The van der Waals surface area contributed by atoms with Gasteiger partial charge in [0.2, 0.25) is 0 Å². The van der Waals surface area contributed by atoms with Gasteiger partial charge in [0.15, 0.2) is 0 Å². The molecule has 0 saturated heterocycles. The van der Waals surface area contributed by atoms with Crippen molar-refractivity contribution in [2.24, 2.45) is 0 Å². The lowest BCUT2D eigenvalue weighted by Crippen LogP contribution is -2.47. The maximum Gasteiger partial charge on any atom is 0.125 e. The van der Waals surface area contributed by atoms with Crippen molar-refractivity contribution in [1.82, 2.24) is 4.90 Å². The fourth-order valence-electron chi connectivity index (χ4n) is 3.49. The highest BCUT2D eigenvalue weighted by Crippen LogP contribution is 2.14. The first-order chi connectivity index (χ1) is 12.2. The van der Waals surface area contributed by atoms with Gasteiger partial charge >= 0.3 is 0 Å². The van der Waals surface area contributed by atoms with Gasteiger partial charge in [-0.2, -0.15) is 0 Å². The van der Waals surface area contributed by atoms with Crippen LogP contribution in [0.4, 0.5) is 0 Å². The van der Waals surface area contributed by atoms with Crippen LogP contribution in [0.5, 0.6) is 0 Å². The molecule has 0 saturated carbocycles. The van der Waals surface area contributed by atoms with Crippen molar-refractivity contribution in [1.29, 1.82) is 0 Å². The van der Waals surface area contributed by atoms with Gasteiger partial charge < -0.3 is 4.90 Å². The molecule has 0 heterocycles. The minimum atomic E-state index is -0.806. The van der Waals surface area contributed by atoms with Crippen LogP contribution in [0.1, 0.15) is 12.5 Å². The Bertz CT molecular complexity index is 703. The Morgan fingerprint density at radius 1 is 0.720 bits per heavy atom. The summed E-state index contributed by atoms with van der Waals surface area (Å²) in [5.41, 5.74) is 2.01. The zero-order valence-electron chi connectivity index (χ0n) is 15.1. The van der Waals surface area contributed by atoms with Gasteiger partial charge in [-0.15, -0.1) is 0 Å². The fraction of sp³-hybridized carbons (Fsp3) is 0.217. The summed E-state index contributed by atoms with van der Waals surface area (Å²) in [4.78, 5) is 2.45. The van der Waals surface area contributed by atoms with Crippen molar-refractivity contribution in [2.45, 2.75) is 19.0 Å². The van der Waals surface area contributed by atoms with E-state index in [0.717, 1.165) is 13.1 Å². The number of hydrogen-bond acceptors (Lipinski definition) is 1. The molecule has 2 heteroatoms. The largest absolute Gasteiger partial charge is 0.302 e. The van der Waals surface area contributed by atoms with Crippen molar-refractivity contribution in [3.63, 3.8) is 0 Å². The van der Waals surface area contributed by atoms with Crippen LogP contribution in [0.25, 0.3) is 0 Å². The third kappa shape index (κ3) is 4.91. The lowest BCUT2D eigenvalue weighted by molar-refractivity contribution is 0.326. The lowest BCUT2D eigenvalue weighted by atomic mass is 10.2. The SMILES string of the molecule is CC(CN(C)Cc1ccccc1)[Si](c1ccccc1)c1ccccc1. The molecule has 1 atom stereocenters. The molecule has 0 aliphatic heterocycles. The first kappa shape index (κ1) is 17.7. The highest BCUT2D eigenvalue weighted by atomic mass is 28.3. The molecule has 0 spiro atoms. The van der Waals surface area contributed by atoms with Gasteiger partial charge in [-0.1, -0.05) is 108 Å². The molecule has 0 aliphatic carbocycles. The zero-order chi connectivity index (χ0) is 17.5. The van der Waals surface area contributed by atoms with Crippen molar-refractivity contribution in [2.75, 3.05) is 13.6 Å². The van der Waals surface area contributed by atoms with E-state index in [-0.39, 0.29) is 0 Å². The van der Waals surface area contributed by atoms with Gasteiger partial charge in [-0.05, 0) is 24.7 Å². The summed E-state index contributed by atoms with van der Waals surface area (Å²) in [5.74, 6) is 0. The predicted octanol–water partition coefficient (Wildman–Crippen LogP) is 3.82. The first-order valence-corrected chi connectivity index (χ1v) is 10.5. The van der Waals surface area contributed by atoms with Crippen LogP contribution in [0.3, 0.4) is 0 Å². The molecule has 1 radical (unpaired) electrons. The Kier molecular flexibility index (Phi) is 6.21. The maximum atomic E-state index is 2.45. The molecule has 1 nitrogen and oxygen atoms in total. The average molecular weight is 345 g/mol. The van der Waals surface area contributed by atoms with E-state index in [0.29, 0.717) is 5.54 Å². The van der Waals surface area contributed by atoms with E-state index in [1.54, 1.807) is 0 Å². The monoisotopic (exact) mass is 344 g/mol. The molecule has 25 heavy (non-hydrogen) atoms. The van der Waals surface area contributed by atoms with E-state index in [1.807, 2.05) is 0 Å². The summed E-state index contributed by atoms with van der Waals surface area (Å²) in [6, 6.07) is 32.8. The quantitative estimate of drug-likeness (QED) is 0.589. The van der Waals surface area contributed by atoms with Crippen LogP contribution in [0.2, 0.25) is 5.54 Å². The minimum absolute atomic E-state index is 0.628. The highest BCUT2D eigenvalue weighted by molar-refractivity contribution is 6.86. The lowest BCUT2D eigenvalue weighted by Gasteiger charge is -2.27. The van der Waals surface area contributed by atoms with E-state index in [1.165, 1.54) is 15.9 Å². The number of rotatable bonds is 7. The van der Waals surface area contributed by atoms with Crippen molar-refractivity contribution in [3.8, 4) is 0 Å². The Hall–Kier alpha value is -2.16. The predicted molar refractivity (Wildman–Crippen MR) is 110 cm³/mol. The highest BCUT2D eigenvalue weighted by Gasteiger charge is 2.24. The Balaban J connectivity index is 1.76. The molecule has 3 aromatic rings. The summed E-state index contributed by atoms with van der Waals surface area (Å²) in [6.45, 7) is 4.52. The van der Waals surface area contributed by atoms with Gasteiger partial charge in [0.1, 0.15) is 8.80 Å². The molecule has 0 fully saturated rings. The Morgan fingerprint density at radius 3 is 1.64 bits per heavy atom. The molecular formula is C23H26NSi. The van der Waals surface area contributed by atoms with E-state index < -0.39 is 8.80 Å². The molecular weight excluding hydrogens is 318 g/mol. The smallest absolute Gasteiger partial charge is 0.125 e. The standard InChI is InChI=1S/C23H26NSi/c1-20(18-24(2)19-21-12-6-3-7-13-21)25(22-14-8-4-9-15-22)23-16-10-5-11-17-23/h3-17,20H,18-19H2,1-2H3. The van der Waals surface area contributed by atoms with Crippen LogP contribution in [-0.2, 0) is 6.54 Å². The zero-order valence-corrected chi connectivity index (χ0v) is 16.1. The topological polar surface area (TPSA) is 3.24 Å². The molecule has 0 N–H and O–H groups in total. The third-order valence-electron chi connectivity index (χ3n) is 4.54. The van der Waals surface area contributed by atoms with Crippen LogP contribution < -0.4 is 10.4 Å². The van der Waals surface area contributed by atoms with E-state index in [4.69, 9.17) is 0 Å². The molecule has 0 aromatic heterocycles. The van der Waals surface area contributed by atoms with Gasteiger partial charge in [-0.3, -0.25) is 0 Å². The molecule has 0 amide bonds. The molecule has 1 unspecified atom stereocenters. The van der Waals surface area contributed by atoms with Crippen molar-refractivity contribution in [3.05, 3.63) is 96.6 Å². The number of nitrogens with zero attached hydrogens (tertiary/aromatic N) is 1. The Labute approximate surface area is 153 Å². The third-order valence-corrected chi connectivity index (χ3v) is 7.62. The van der Waals surface area contributed by atoms with E-state index in [9.17, 15) is 0 Å². The minimum Gasteiger partial charge on any atom is -0.302 e. The van der Waals surface area contributed by atoms with Gasteiger partial charge in [-0.25, -0.2) is 0 Å². The second kappa shape index (κ2) is 8.79. The van der Waals surface area contributed by atoms with Crippen molar-refractivity contribution >= 4 is 19.2 Å². The second-order valence-electron chi connectivity index (χ2n) is 6.73. The first-order valence-electron chi connectivity index (χ1n) is 8.94.